The molecule has 0 aliphatic carbocycles. The van der Waals surface area contributed by atoms with Gasteiger partial charge in [-0.1, -0.05) is 24.6 Å². The van der Waals surface area contributed by atoms with Gasteiger partial charge in [0, 0.05) is 11.6 Å². The maximum absolute atomic E-state index is 11.4. The standard InChI is InChI=1S/C8H10ClNO2S/c1-2-10-13(11,12)8-5-3-4-7(9)6-8/h3-6,10H,2H2,1H3. The van der Waals surface area contributed by atoms with Gasteiger partial charge >= 0.3 is 0 Å². The van der Waals surface area contributed by atoms with E-state index in [4.69, 9.17) is 11.6 Å². The fraction of sp³-hybridized carbons (Fsp3) is 0.250. The molecule has 0 radical (unpaired) electrons. The Hall–Kier alpha value is -0.580. The van der Waals surface area contributed by atoms with Gasteiger partial charge in [0.05, 0.1) is 4.90 Å². The predicted octanol–water partition coefficient (Wildman–Crippen LogP) is 1.64. The molecule has 0 saturated carbocycles. The number of halogens is 1. The molecule has 5 heteroatoms. The molecule has 1 rings (SSSR count). The van der Waals surface area contributed by atoms with Crippen LogP contribution in [0, 0.1) is 0 Å². The highest BCUT2D eigenvalue weighted by molar-refractivity contribution is 7.89. The van der Waals surface area contributed by atoms with E-state index in [0.717, 1.165) is 0 Å². The Morgan fingerprint density at radius 2 is 2.15 bits per heavy atom. The molecule has 3 nitrogen and oxygen atoms in total. The van der Waals surface area contributed by atoms with Crippen molar-refractivity contribution in [2.75, 3.05) is 6.54 Å². The van der Waals surface area contributed by atoms with Crippen molar-refractivity contribution in [2.45, 2.75) is 11.8 Å². The molecule has 0 aliphatic rings. The fourth-order valence-corrected chi connectivity index (χ4v) is 2.25. The lowest BCUT2D eigenvalue weighted by Crippen LogP contribution is -2.22. The van der Waals surface area contributed by atoms with Crippen LogP contribution in [0.15, 0.2) is 29.2 Å². The Labute approximate surface area is 82.8 Å². The maximum Gasteiger partial charge on any atom is 0.240 e. The minimum atomic E-state index is -3.37. The molecule has 0 unspecified atom stereocenters. The van der Waals surface area contributed by atoms with E-state index in [1.165, 1.54) is 12.1 Å². The second kappa shape index (κ2) is 4.09. The van der Waals surface area contributed by atoms with Gasteiger partial charge in [0.15, 0.2) is 0 Å². The molecule has 1 aromatic rings. The van der Waals surface area contributed by atoms with E-state index in [0.29, 0.717) is 11.6 Å². The molecule has 0 fully saturated rings. The van der Waals surface area contributed by atoms with E-state index in [9.17, 15) is 8.42 Å². The first-order valence-electron chi connectivity index (χ1n) is 3.81. The Bertz CT molecular complexity index is 389. The van der Waals surface area contributed by atoms with Gasteiger partial charge in [0.25, 0.3) is 0 Å². The average Bonchev–Trinajstić information content (AvgIpc) is 2.04. The Morgan fingerprint density at radius 3 is 2.69 bits per heavy atom. The van der Waals surface area contributed by atoms with Gasteiger partial charge < -0.3 is 0 Å². The van der Waals surface area contributed by atoms with Gasteiger partial charge in [0.2, 0.25) is 10.0 Å². The van der Waals surface area contributed by atoms with Crippen LogP contribution >= 0.6 is 11.6 Å². The van der Waals surface area contributed by atoms with Crippen molar-refractivity contribution in [1.29, 1.82) is 0 Å². The molecule has 0 atom stereocenters. The third-order valence-electron chi connectivity index (χ3n) is 1.44. The summed E-state index contributed by atoms with van der Waals surface area (Å²) < 4.78 is 25.2. The van der Waals surface area contributed by atoms with Crippen LogP contribution in [0.25, 0.3) is 0 Å². The Morgan fingerprint density at radius 1 is 1.46 bits per heavy atom. The molecule has 1 N–H and O–H groups in total. The van der Waals surface area contributed by atoms with E-state index < -0.39 is 10.0 Å². The van der Waals surface area contributed by atoms with Gasteiger partial charge in [-0.3, -0.25) is 0 Å². The summed E-state index contributed by atoms with van der Waals surface area (Å²) in [7, 11) is -3.37. The van der Waals surface area contributed by atoms with E-state index in [2.05, 4.69) is 4.72 Å². The number of hydrogen-bond acceptors (Lipinski definition) is 2. The van der Waals surface area contributed by atoms with Crippen LogP contribution in [0.2, 0.25) is 5.02 Å². The minimum absolute atomic E-state index is 0.196. The lowest BCUT2D eigenvalue weighted by molar-refractivity contribution is 0.584. The molecule has 0 aromatic heterocycles. The van der Waals surface area contributed by atoms with Gasteiger partial charge in [-0.2, -0.15) is 0 Å². The lowest BCUT2D eigenvalue weighted by atomic mass is 10.4. The summed E-state index contributed by atoms with van der Waals surface area (Å²) in [5.41, 5.74) is 0. The summed E-state index contributed by atoms with van der Waals surface area (Å²) in [6.45, 7) is 2.09. The van der Waals surface area contributed by atoms with Crippen LogP contribution in [0.3, 0.4) is 0 Å². The van der Waals surface area contributed by atoms with E-state index in [-0.39, 0.29) is 4.90 Å². The highest BCUT2D eigenvalue weighted by atomic mass is 35.5. The lowest BCUT2D eigenvalue weighted by Gasteiger charge is -2.03. The molecule has 0 amide bonds. The van der Waals surface area contributed by atoms with Gasteiger partial charge in [-0.15, -0.1) is 0 Å². The van der Waals surface area contributed by atoms with Gasteiger partial charge in [-0.05, 0) is 18.2 Å². The highest BCUT2D eigenvalue weighted by Crippen LogP contribution is 2.14. The SMILES string of the molecule is CCNS(=O)(=O)c1cccc(Cl)c1. The van der Waals surface area contributed by atoms with Crippen molar-refractivity contribution in [1.82, 2.24) is 4.72 Å². The van der Waals surface area contributed by atoms with Gasteiger partial charge in [-0.25, -0.2) is 13.1 Å². The van der Waals surface area contributed by atoms with Crippen LogP contribution < -0.4 is 4.72 Å². The van der Waals surface area contributed by atoms with Crippen LogP contribution in [0.1, 0.15) is 6.92 Å². The van der Waals surface area contributed by atoms with Crippen LogP contribution in [-0.2, 0) is 10.0 Å². The molecule has 0 aliphatic heterocycles. The molecule has 0 saturated heterocycles. The number of rotatable bonds is 3. The summed E-state index contributed by atoms with van der Waals surface area (Å²) in [6.07, 6.45) is 0. The summed E-state index contributed by atoms with van der Waals surface area (Å²) in [4.78, 5) is 0.196. The quantitative estimate of drug-likeness (QED) is 0.840. The third kappa shape index (κ3) is 2.69. The van der Waals surface area contributed by atoms with Crippen molar-refractivity contribution >= 4 is 21.6 Å². The zero-order chi connectivity index (χ0) is 9.90. The normalized spacial score (nSPS) is 11.5. The second-order valence-electron chi connectivity index (χ2n) is 2.46. The zero-order valence-electron chi connectivity index (χ0n) is 7.12. The van der Waals surface area contributed by atoms with Crippen molar-refractivity contribution in [3.63, 3.8) is 0 Å². The molecule has 0 spiro atoms. The van der Waals surface area contributed by atoms with Crippen molar-refractivity contribution in [2.24, 2.45) is 0 Å². The molecular formula is C8H10ClNO2S. The molecule has 0 bridgehead atoms. The summed E-state index contributed by atoms with van der Waals surface area (Å²) in [5.74, 6) is 0. The van der Waals surface area contributed by atoms with Crippen molar-refractivity contribution < 1.29 is 8.42 Å². The molecule has 72 valence electrons. The van der Waals surface area contributed by atoms with Crippen LogP contribution in [-0.4, -0.2) is 15.0 Å². The number of hydrogen-bond donors (Lipinski definition) is 1. The summed E-state index contributed by atoms with van der Waals surface area (Å²) in [6, 6.07) is 6.16. The number of benzene rings is 1. The topological polar surface area (TPSA) is 46.2 Å². The third-order valence-corrected chi connectivity index (χ3v) is 3.22. The van der Waals surface area contributed by atoms with E-state index >= 15 is 0 Å². The van der Waals surface area contributed by atoms with Crippen molar-refractivity contribution in [3.8, 4) is 0 Å². The number of nitrogens with one attached hydrogen (secondary N) is 1. The van der Waals surface area contributed by atoms with E-state index in [1.54, 1.807) is 19.1 Å². The molecular weight excluding hydrogens is 210 g/mol. The summed E-state index contributed by atoms with van der Waals surface area (Å²) in [5, 5.41) is 0.416. The fourth-order valence-electron chi connectivity index (χ4n) is 0.908. The van der Waals surface area contributed by atoms with E-state index in [1.807, 2.05) is 0 Å². The predicted molar refractivity (Wildman–Crippen MR) is 52.3 cm³/mol. The summed E-state index contributed by atoms with van der Waals surface area (Å²) >= 11 is 5.66. The van der Waals surface area contributed by atoms with Crippen molar-refractivity contribution in [3.05, 3.63) is 29.3 Å². The Balaban J connectivity index is 3.08. The number of sulfonamides is 1. The zero-order valence-corrected chi connectivity index (χ0v) is 8.69. The minimum Gasteiger partial charge on any atom is -0.211 e. The average molecular weight is 220 g/mol. The van der Waals surface area contributed by atoms with Crippen LogP contribution in [0.5, 0.6) is 0 Å². The molecule has 0 heterocycles. The first-order chi connectivity index (χ1) is 6.06. The monoisotopic (exact) mass is 219 g/mol. The molecule has 1 aromatic carbocycles. The maximum atomic E-state index is 11.4. The first kappa shape index (κ1) is 10.5. The molecule has 13 heavy (non-hydrogen) atoms. The Kier molecular flexibility index (Phi) is 3.30. The smallest absolute Gasteiger partial charge is 0.211 e. The highest BCUT2D eigenvalue weighted by Gasteiger charge is 2.11. The van der Waals surface area contributed by atoms with Crippen LogP contribution in [0.4, 0.5) is 0 Å². The van der Waals surface area contributed by atoms with Gasteiger partial charge in [0.1, 0.15) is 0 Å². The first-order valence-corrected chi connectivity index (χ1v) is 5.67. The second-order valence-corrected chi connectivity index (χ2v) is 4.66. The largest absolute Gasteiger partial charge is 0.240 e.